The second-order valence-corrected chi connectivity index (χ2v) is 11.3. The van der Waals surface area contributed by atoms with Gasteiger partial charge in [0.1, 0.15) is 0 Å². The largest absolute Gasteiger partial charge is 0.382 e. The molecule has 4 N–H and O–H groups in total. The van der Waals surface area contributed by atoms with Gasteiger partial charge in [-0.25, -0.2) is 0 Å². The molecule has 0 radical (unpaired) electrons. The van der Waals surface area contributed by atoms with Crippen molar-refractivity contribution in [2.24, 2.45) is 0 Å². The van der Waals surface area contributed by atoms with Gasteiger partial charge < -0.3 is 30.8 Å². The Labute approximate surface area is 226 Å². The SMILES string of the molecule is Cc1cc(C)c(CNC(=O)c2cc(C3CCN(CCN(C)C)CC3)cc(NC3CCCC3)c2C=N)c(=O)[nH]1. The molecule has 1 aliphatic heterocycles. The third-order valence-electron chi connectivity index (χ3n) is 8.15. The minimum absolute atomic E-state index is 0.150. The van der Waals surface area contributed by atoms with E-state index in [2.05, 4.69) is 45.6 Å². The molecule has 2 aromatic rings. The van der Waals surface area contributed by atoms with Crippen molar-refractivity contribution in [2.45, 2.75) is 70.9 Å². The quantitative estimate of drug-likeness (QED) is 0.354. The van der Waals surface area contributed by atoms with Crippen molar-refractivity contribution in [3.63, 3.8) is 0 Å². The van der Waals surface area contributed by atoms with Crippen LogP contribution in [0.25, 0.3) is 0 Å². The van der Waals surface area contributed by atoms with Gasteiger partial charge in [-0.15, -0.1) is 0 Å². The summed E-state index contributed by atoms with van der Waals surface area (Å²) in [5.74, 6) is 0.130. The van der Waals surface area contributed by atoms with Gasteiger partial charge in [0.05, 0.1) is 5.56 Å². The summed E-state index contributed by atoms with van der Waals surface area (Å²) < 4.78 is 0. The highest BCUT2D eigenvalue weighted by Crippen LogP contribution is 2.34. The van der Waals surface area contributed by atoms with Crippen LogP contribution in [-0.2, 0) is 6.54 Å². The van der Waals surface area contributed by atoms with Crippen LogP contribution in [0.3, 0.4) is 0 Å². The highest BCUT2D eigenvalue weighted by molar-refractivity contribution is 6.05. The third kappa shape index (κ3) is 6.91. The number of carbonyl (C=O) groups is 1. The van der Waals surface area contributed by atoms with E-state index >= 15 is 0 Å². The van der Waals surface area contributed by atoms with Gasteiger partial charge in [-0.3, -0.25) is 9.59 Å². The Kier molecular flexibility index (Phi) is 9.39. The lowest BCUT2D eigenvalue weighted by Gasteiger charge is -2.33. The Morgan fingerprint density at radius 2 is 1.84 bits per heavy atom. The Morgan fingerprint density at radius 3 is 2.47 bits per heavy atom. The molecular weight excluding hydrogens is 476 g/mol. The van der Waals surface area contributed by atoms with Gasteiger partial charge in [0.15, 0.2) is 0 Å². The predicted octanol–water partition coefficient (Wildman–Crippen LogP) is 4.01. The van der Waals surface area contributed by atoms with Crippen LogP contribution in [0, 0.1) is 19.3 Å². The van der Waals surface area contributed by atoms with Crippen LogP contribution in [0.15, 0.2) is 23.0 Å². The number of amides is 1. The van der Waals surface area contributed by atoms with Gasteiger partial charge >= 0.3 is 0 Å². The molecule has 0 atom stereocenters. The molecule has 1 saturated carbocycles. The summed E-state index contributed by atoms with van der Waals surface area (Å²) in [7, 11) is 4.22. The Bertz CT molecular complexity index is 1190. The molecule has 0 bridgehead atoms. The van der Waals surface area contributed by atoms with Gasteiger partial charge in [-0.1, -0.05) is 12.8 Å². The van der Waals surface area contributed by atoms with Gasteiger partial charge in [0.25, 0.3) is 11.5 Å². The molecule has 0 spiro atoms. The second-order valence-electron chi connectivity index (χ2n) is 11.3. The van der Waals surface area contributed by atoms with E-state index in [4.69, 9.17) is 5.41 Å². The van der Waals surface area contributed by atoms with Gasteiger partial charge in [-0.05, 0) is 102 Å². The van der Waals surface area contributed by atoms with E-state index in [0.29, 0.717) is 28.7 Å². The Hall–Kier alpha value is -2.97. The van der Waals surface area contributed by atoms with Crippen LogP contribution < -0.4 is 16.2 Å². The summed E-state index contributed by atoms with van der Waals surface area (Å²) in [6, 6.07) is 6.47. The first kappa shape index (κ1) is 28.0. The smallest absolute Gasteiger partial charge is 0.253 e. The number of nitrogens with zero attached hydrogens (tertiary/aromatic N) is 2. The number of aromatic nitrogens is 1. The van der Waals surface area contributed by atoms with E-state index in [0.717, 1.165) is 74.4 Å². The third-order valence-corrected chi connectivity index (χ3v) is 8.15. The monoisotopic (exact) mass is 520 g/mol. The van der Waals surface area contributed by atoms with Crippen molar-refractivity contribution in [1.29, 1.82) is 5.41 Å². The number of hydrogen-bond acceptors (Lipinski definition) is 6. The summed E-state index contributed by atoms with van der Waals surface area (Å²) >= 11 is 0. The number of rotatable bonds is 10. The van der Waals surface area contributed by atoms with Crippen LogP contribution in [0.4, 0.5) is 5.69 Å². The van der Waals surface area contributed by atoms with Crippen LogP contribution in [-0.4, -0.2) is 73.2 Å². The normalized spacial score (nSPS) is 17.2. The lowest BCUT2D eigenvalue weighted by atomic mass is 9.86. The van der Waals surface area contributed by atoms with Crippen LogP contribution in [0.1, 0.15) is 82.7 Å². The first-order chi connectivity index (χ1) is 18.2. The number of aromatic amines is 1. The molecule has 2 aliphatic rings. The molecule has 1 amide bonds. The summed E-state index contributed by atoms with van der Waals surface area (Å²) in [5.41, 5.74) is 5.23. The fraction of sp³-hybridized carbons (Fsp3) is 0.567. The molecule has 1 aromatic carbocycles. The highest BCUT2D eigenvalue weighted by atomic mass is 16.1. The fourth-order valence-electron chi connectivity index (χ4n) is 5.86. The summed E-state index contributed by atoms with van der Waals surface area (Å²) in [6.45, 7) is 8.12. The zero-order valence-electron chi connectivity index (χ0n) is 23.5. The summed E-state index contributed by atoms with van der Waals surface area (Å²) in [6.07, 6.45) is 8.05. The minimum atomic E-state index is -0.248. The van der Waals surface area contributed by atoms with Crippen molar-refractivity contribution in [3.8, 4) is 0 Å². The van der Waals surface area contributed by atoms with E-state index in [9.17, 15) is 9.59 Å². The maximum Gasteiger partial charge on any atom is 0.253 e. The van der Waals surface area contributed by atoms with E-state index in [1.807, 2.05) is 26.0 Å². The van der Waals surface area contributed by atoms with Gasteiger partial charge in [0, 0.05) is 54.4 Å². The van der Waals surface area contributed by atoms with Gasteiger partial charge in [0.2, 0.25) is 0 Å². The van der Waals surface area contributed by atoms with E-state index < -0.39 is 0 Å². The average Bonchev–Trinajstić information content (AvgIpc) is 3.39. The van der Waals surface area contributed by atoms with Crippen LogP contribution >= 0.6 is 0 Å². The number of aryl methyl sites for hydroxylation is 2. The number of pyridine rings is 1. The molecule has 38 heavy (non-hydrogen) atoms. The Morgan fingerprint density at radius 1 is 1.13 bits per heavy atom. The number of hydrogen-bond donors (Lipinski definition) is 4. The molecular formula is C30H44N6O2. The number of carbonyl (C=O) groups excluding carboxylic acids is 1. The maximum atomic E-state index is 13.5. The molecule has 0 unspecified atom stereocenters. The van der Waals surface area contributed by atoms with Crippen molar-refractivity contribution in [1.82, 2.24) is 20.1 Å². The Balaban J connectivity index is 1.58. The molecule has 4 rings (SSSR count). The number of H-pyrrole nitrogens is 1. The van der Waals surface area contributed by atoms with Crippen molar-refractivity contribution in [2.75, 3.05) is 45.6 Å². The van der Waals surface area contributed by atoms with Crippen LogP contribution in [0.2, 0.25) is 0 Å². The van der Waals surface area contributed by atoms with Crippen molar-refractivity contribution >= 4 is 17.8 Å². The fourth-order valence-corrected chi connectivity index (χ4v) is 5.86. The van der Waals surface area contributed by atoms with Gasteiger partial charge in [-0.2, -0.15) is 0 Å². The number of anilines is 1. The lowest BCUT2D eigenvalue weighted by molar-refractivity contribution is 0.0950. The number of likely N-dealkylation sites (N-methyl/N-ethyl adjacent to an activating group) is 1. The minimum Gasteiger partial charge on any atom is -0.382 e. The number of nitrogens with one attached hydrogen (secondary N) is 4. The molecule has 8 heteroatoms. The number of benzene rings is 1. The maximum absolute atomic E-state index is 13.5. The number of likely N-dealkylation sites (tertiary alicyclic amines) is 1. The van der Waals surface area contributed by atoms with E-state index in [1.165, 1.54) is 19.1 Å². The van der Waals surface area contributed by atoms with E-state index in [-0.39, 0.29) is 18.0 Å². The van der Waals surface area contributed by atoms with Crippen molar-refractivity contribution < 1.29 is 4.79 Å². The molecule has 1 saturated heterocycles. The zero-order chi connectivity index (χ0) is 27.2. The number of piperidine rings is 1. The molecule has 8 nitrogen and oxygen atoms in total. The van der Waals surface area contributed by atoms with E-state index in [1.54, 1.807) is 0 Å². The van der Waals surface area contributed by atoms with Crippen LogP contribution in [0.5, 0.6) is 0 Å². The lowest BCUT2D eigenvalue weighted by Crippen LogP contribution is -2.37. The second kappa shape index (κ2) is 12.7. The summed E-state index contributed by atoms with van der Waals surface area (Å²) in [5, 5.41) is 14.8. The van der Waals surface area contributed by atoms with Crippen molar-refractivity contribution in [3.05, 3.63) is 62.1 Å². The standard InChI is InChI=1S/C30H44N6O2/c1-20-15-21(2)33-30(38)27(20)19-32-29(37)25-16-23(22-9-11-36(12-10-22)14-13-35(3)4)17-28(26(25)18-31)34-24-7-5-6-8-24/h15-18,22,24,31,34H,5-14,19H2,1-4H3,(H,32,37)(H,33,38). The predicted molar refractivity (Wildman–Crippen MR) is 155 cm³/mol. The molecule has 1 aliphatic carbocycles. The topological polar surface area (TPSA) is 104 Å². The molecule has 2 heterocycles. The first-order valence-electron chi connectivity index (χ1n) is 14.0. The molecule has 206 valence electrons. The summed E-state index contributed by atoms with van der Waals surface area (Å²) in [4.78, 5) is 33.6. The average molecular weight is 521 g/mol. The molecule has 2 fully saturated rings. The highest BCUT2D eigenvalue weighted by Gasteiger charge is 2.25. The molecule has 1 aromatic heterocycles. The zero-order valence-corrected chi connectivity index (χ0v) is 23.5. The first-order valence-corrected chi connectivity index (χ1v) is 14.0.